The number of ether oxygens (including phenoxy) is 1. The highest BCUT2D eigenvalue weighted by Gasteiger charge is 2.24. The minimum atomic E-state index is -0.171. The predicted molar refractivity (Wildman–Crippen MR) is 133 cm³/mol. The number of carbonyl (C=O) groups excluding carboxylic acids is 1. The summed E-state index contributed by atoms with van der Waals surface area (Å²) in [7, 11) is 3.80. The zero-order valence-electron chi connectivity index (χ0n) is 19.5. The molecule has 0 bridgehead atoms. The quantitative estimate of drug-likeness (QED) is 0.583. The minimum Gasteiger partial charge on any atom is -0.494 e. The lowest BCUT2D eigenvalue weighted by molar-refractivity contribution is 0.203. The average Bonchev–Trinajstić information content (AvgIpc) is 2.86. The number of amides is 2. The molecule has 3 heterocycles. The van der Waals surface area contributed by atoms with Gasteiger partial charge in [-0.05, 0) is 24.7 Å². The first-order valence-electron chi connectivity index (χ1n) is 11.4. The summed E-state index contributed by atoms with van der Waals surface area (Å²) >= 11 is 0. The lowest BCUT2D eigenvalue weighted by atomic mass is 10.2. The minimum absolute atomic E-state index is 0.171. The first-order chi connectivity index (χ1) is 16.6. The Morgan fingerprint density at radius 2 is 1.88 bits per heavy atom. The van der Waals surface area contributed by atoms with E-state index in [4.69, 9.17) is 4.74 Å². The Morgan fingerprint density at radius 1 is 1.09 bits per heavy atom. The summed E-state index contributed by atoms with van der Waals surface area (Å²) in [5.41, 5.74) is 3.85. The van der Waals surface area contributed by atoms with Crippen molar-refractivity contribution < 1.29 is 9.53 Å². The molecule has 3 aromatic rings. The van der Waals surface area contributed by atoms with Gasteiger partial charge in [0.15, 0.2) is 0 Å². The van der Waals surface area contributed by atoms with E-state index in [9.17, 15) is 4.79 Å². The number of methoxy groups -OCH3 is 1. The molecule has 1 saturated heterocycles. The van der Waals surface area contributed by atoms with E-state index in [2.05, 4.69) is 43.5 Å². The third-order valence-corrected chi connectivity index (χ3v) is 6.25. The Hall–Kier alpha value is -3.85. The monoisotopic (exact) mass is 459 g/mol. The number of nitrogens with zero attached hydrogens (tertiary/aromatic N) is 5. The molecule has 9 nitrogen and oxygen atoms in total. The van der Waals surface area contributed by atoms with Gasteiger partial charge < -0.3 is 24.8 Å². The van der Waals surface area contributed by atoms with Crippen molar-refractivity contribution in [2.24, 2.45) is 0 Å². The van der Waals surface area contributed by atoms with E-state index in [1.807, 2.05) is 42.5 Å². The SMILES string of the molecule is COc1cc(N2CCN(C)CC2)ccc1Nc1ncc2c(n1)NC(=O)N(Cc1ccccc1)C2. The van der Waals surface area contributed by atoms with Gasteiger partial charge in [-0.2, -0.15) is 4.98 Å². The van der Waals surface area contributed by atoms with Crippen LogP contribution in [-0.4, -0.2) is 66.1 Å². The summed E-state index contributed by atoms with van der Waals surface area (Å²) in [6.07, 6.45) is 1.76. The molecule has 0 aliphatic carbocycles. The highest BCUT2D eigenvalue weighted by atomic mass is 16.5. The molecule has 1 fully saturated rings. The Balaban J connectivity index is 1.29. The van der Waals surface area contributed by atoms with Crippen LogP contribution in [0.15, 0.2) is 54.7 Å². The van der Waals surface area contributed by atoms with Crippen LogP contribution < -0.4 is 20.3 Å². The van der Waals surface area contributed by atoms with E-state index in [1.54, 1.807) is 18.2 Å². The molecule has 0 atom stereocenters. The average molecular weight is 460 g/mol. The van der Waals surface area contributed by atoms with Crippen LogP contribution in [0, 0.1) is 0 Å². The van der Waals surface area contributed by atoms with Crippen LogP contribution in [0.4, 0.5) is 27.9 Å². The molecule has 0 unspecified atom stereocenters. The highest BCUT2D eigenvalue weighted by molar-refractivity contribution is 5.91. The first kappa shape index (κ1) is 22.0. The van der Waals surface area contributed by atoms with Crippen LogP contribution in [0.25, 0.3) is 0 Å². The number of hydrogen-bond acceptors (Lipinski definition) is 7. The number of aromatic nitrogens is 2. The maximum atomic E-state index is 12.6. The molecule has 0 radical (unpaired) electrons. The number of rotatable bonds is 6. The Labute approximate surface area is 199 Å². The first-order valence-corrected chi connectivity index (χ1v) is 11.4. The highest BCUT2D eigenvalue weighted by Crippen LogP contribution is 2.32. The number of benzene rings is 2. The van der Waals surface area contributed by atoms with Crippen LogP contribution in [0.3, 0.4) is 0 Å². The van der Waals surface area contributed by atoms with Crippen molar-refractivity contribution >= 4 is 29.2 Å². The molecule has 0 saturated carbocycles. The number of piperazine rings is 1. The molecular weight excluding hydrogens is 430 g/mol. The summed E-state index contributed by atoms with van der Waals surface area (Å²) in [6, 6.07) is 15.9. The Bertz CT molecular complexity index is 1160. The van der Waals surface area contributed by atoms with Crippen molar-refractivity contribution in [3.05, 3.63) is 65.9 Å². The number of anilines is 4. The van der Waals surface area contributed by atoms with Gasteiger partial charge in [-0.3, -0.25) is 5.32 Å². The van der Waals surface area contributed by atoms with Gasteiger partial charge in [-0.1, -0.05) is 30.3 Å². The fraction of sp³-hybridized carbons (Fsp3) is 0.320. The lowest BCUT2D eigenvalue weighted by Crippen LogP contribution is -2.44. The van der Waals surface area contributed by atoms with Gasteiger partial charge in [0, 0.05) is 56.2 Å². The van der Waals surface area contributed by atoms with Gasteiger partial charge in [0.05, 0.1) is 19.3 Å². The van der Waals surface area contributed by atoms with E-state index in [0.717, 1.165) is 54.4 Å². The molecule has 2 aromatic carbocycles. The van der Waals surface area contributed by atoms with Crippen LogP contribution in [0.5, 0.6) is 5.75 Å². The lowest BCUT2D eigenvalue weighted by Gasteiger charge is -2.34. The van der Waals surface area contributed by atoms with E-state index < -0.39 is 0 Å². The summed E-state index contributed by atoms with van der Waals surface area (Å²) in [5, 5.41) is 6.13. The normalized spacial score (nSPS) is 16.1. The molecule has 2 aliphatic heterocycles. The summed E-state index contributed by atoms with van der Waals surface area (Å²) < 4.78 is 5.64. The van der Waals surface area contributed by atoms with E-state index in [1.165, 1.54) is 0 Å². The van der Waals surface area contributed by atoms with Crippen molar-refractivity contribution in [1.82, 2.24) is 19.8 Å². The molecule has 2 amide bonds. The van der Waals surface area contributed by atoms with E-state index in [0.29, 0.717) is 24.9 Å². The molecule has 2 N–H and O–H groups in total. The largest absolute Gasteiger partial charge is 0.494 e. The molecule has 5 rings (SSSR count). The van der Waals surface area contributed by atoms with Gasteiger partial charge in [0.1, 0.15) is 11.6 Å². The fourth-order valence-electron chi connectivity index (χ4n) is 4.25. The van der Waals surface area contributed by atoms with Crippen molar-refractivity contribution in [3.8, 4) is 5.75 Å². The van der Waals surface area contributed by atoms with Crippen molar-refractivity contribution in [3.63, 3.8) is 0 Å². The second-order valence-electron chi connectivity index (χ2n) is 8.64. The number of carbonyl (C=O) groups is 1. The van der Waals surface area contributed by atoms with E-state index in [-0.39, 0.29) is 6.03 Å². The number of fused-ring (bicyclic) bond motifs is 1. The van der Waals surface area contributed by atoms with Gasteiger partial charge >= 0.3 is 6.03 Å². The second kappa shape index (κ2) is 9.56. The van der Waals surface area contributed by atoms with E-state index >= 15 is 0 Å². The van der Waals surface area contributed by atoms with Crippen molar-refractivity contribution in [2.75, 3.05) is 55.9 Å². The Morgan fingerprint density at radius 3 is 2.65 bits per heavy atom. The zero-order chi connectivity index (χ0) is 23.5. The molecular formula is C25H29N7O2. The smallest absolute Gasteiger partial charge is 0.323 e. The Kier molecular flexibility index (Phi) is 6.18. The zero-order valence-corrected chi connectivity index (χ0v) is 19.5. The van der Waals surface area contributed by atoms with Gasteiger partial charge in [-0.25, -0.2) is 9.78 Å². The van der Waals surface area contributed by atoms with Gasteiger partial charge in [-0.15, -0.1) is 0 Å². The predicted octanol–water partition coefficient (Wildman–Crippen LogP) is 3.53. The van der Waals surface area contributed by atoms with Crippen LogP contribution in [0.2, 0.25) is 0 Å². The number of hydrogen-bond donors (Lipinski definition) is 2. The number of urea groups is 1. The molecule has 9 heteroatoms. The number of nitrogens with one attached hydrogen (secondary N) is 2. The molecule has 2 aliphatic rings. The maximum absolute atomic E-state index is 12.6. The summed E-state index contributed by atoms with van der Waals surface area (Å²) in [5.74, 6) is 1.65. The second-order valence-corrected chi connectivity index (χ2v) is 8.64. The van der Waals surface area contributed by atoms with Gasteiger partial charge in [0.2, 0.25) is 5.95 Å². The summed E-state index contributed by atoms with van der Waals surface area (Å²) in [6.45, 7) is 5.05. The van der Waals surface area contributed by atoms with Crippen molar-refractivity contribution in [2.45, 2.75) is 13.1 Å². The topological polar surface area (TPSA) is 85.9 Å². The third-order valence-electron chi connectivity index (χ3n) is 6.25. The third kappa shape index (κ3) is 4.74. The molecule has 0 spiro atoms. The standard InChI is InChI=1S/C25H29N7O2/c1-30-10-12-31(13-11-30)20-8-9-21(22(14-20)34-2)27-24-26-15-19-17-32(25(33)29-23(19)28-24)16-18-6-4-3-5-7-18/h3-9,14-15H,10-13,16-17H2,1-2H3,(H2,26,27,28,29,33). The van der Waals surface area contributed by atoms with Crippen LogP contribution >= 0.6 is 0 Å². The fourth-order valence-corrected chi connectivity index (χ4v) is 4.25. The van der Waals surface area contributed by atoms with Crippen LogP contribution in [0.1, 0.15) is 11.1 Å². The summed E-state index contributed by atoms with van der Waals surface area (Å²) in [4.78, 5) is 28.1. The molecule has 176 valence electrons. The van der Waals surface area contributed by atoms with Gasteiger partial charge in [0.25, 0.3) is 0 Å². The molecule has 1 aromatic heterocycles. The number of likely N-dealkylation sites (N-methyl/N-ethyl adjacent to an activating group) is 1. The van der Waals surface area contributed by atoms with Crippen molar-refractivity contribution in [1.29, 1.82) is 0 Å². The maximum Gasteiger partial charge on any atom is 0.323 e. The van der Waals surface area contributed by atoms with Crippen LogP contribution in [-0.2, 0) is 13.1 Å². The molecule has 34 heavy (non-hydrogen) atoms.